The molecule has 17 heavy (non-hydrogen) atoms. The first-order chi connectivity index (χ1) is 8.30. The summed E-state index contributed by atoms with van der Waals surface area (Å²) in [5.41, 5.74) is 1.89. The van der Waals surface area contributed by atoms with E-state index in [-0.39, 0.29) is 6.61 Å². The number of benzene rings is 1. The Hall–Kier alpha value is -1.61. The molecule has 0 fully saturated rings. The van der Waals surface area contributed by atoms with Crippen molar-refractivity contribution < 1.29 is 5.11 Å². The number of aliphatic hydroxyl groups excluding tert-OH is 1. The van der Waals surface area contributed by atoms with E-state index in [4.69, 9.17) is 0 Å². The van der Waals surface area contributed by atoms with Crippen molar-refractivity contribution >= 4 is 16.7 Å². The number of fused-ring (bicyclic) bond motifs is 1. The van der Waals surface area contributed by atoms with Crippen molar-refractivity contribution in [3.8, 4) is 0 Å². The SMILES string of the molecule is CCN(CC)c1cc(CO)c2ccccc2n1. The molecule has 1 heterocycles. The number of hydrogen-bond donors (Lipinski definition) is 1. The van der Waals surface area contributed by atoms with Gasteiger partial charge in [0.2, 0.25) is 0 Å². The molecule has 0 aliphatic carbocycles. The quantitative estimate of drug-likeness (QED) is 0.877. The minimum atomic E-state index is 0.0529. The molecule has 3 heteroatoms. The molecule has 0 radical (unpaired) electrons. The molecular formula is C14H18N2O. The highest BCUT2D eigenvalue weighted by molar-refractivity contribution is 5.84. The molecule has 1 aromatic heterocycles. The van der Waals surface area contributed by atoms with Crippen LogP contribution in [-0.2, 0) is 6.61 Å². The average Bonchev–Trinajstić information content (AvgIpc) is 2.39. The van der Waals surface area contributed by atoms with Gasteiger partial charge < -0.3 is 10.0 Å². The van der Waals surface area contributed by atoms with E-state index in [1.54, 1.807) is 0 Å². The normalized spacial score (nSPS) is 10.8. The number of hydrogen-bond acceptors (Lipinski definition) is 3. The summed E-state index contributed by atoms with van der Waals surface area (Å²) in [6.07, 6.45) is 0. The maximum atomic E-state index is 9.44. The van der Waals surface area contributed by atoms with E-state index in [2.05, 4.69) is 23.7 Å². The number of anilines is 1. The van der Waals surface area contributed by atoms with Crippen molar-refractivity contribution in [3.63, 3.8) is 0 Å². The fourth-order valence-electron chi connectivity index (χ4n) is 2.07. The third-order valence-electron chi connectivity index (χ3n) is 3.05. The number of para-hydroxylation sites is 1. The molecule has 2 aromatic rings. The van der Waals surface area contributed by atoms with Crippen LogP contribution >= 0.6 is 0 Å². The minimum Gasteiger partial charge on any atom is -0.392 e. The Balaban J connectivity index is 2.59. The predicted molar refractivity (Wildman–Crippen MR) is 71.2 cm³/mol. The van der Waals surface area contributed by atoms with E-state index in [1.165, 1.54) is 0 Å². The van der Waals surface area contributed by atoms with Crippen LogP contribution in [0.1, 0.15) is 19.4 Å². The Morgan fingerprint density at radius 1 is 1.18 bits per heavy atom. The van der Waals surface area contributed by atoms with Crippen LogP contribution in [0.3, 0.4) is 0 Å². The zero-order valence-electron chi connectivity index (χ0n) is 10.3. The van der Waals surface area contributed by atoms with Crippen LogP contribution in [0.15, 0.2) is 30.3 Å². The van der Waals surface area contributed by atoms with Crippen LogP contribution in [0.5, 0.6) is 0 Å². The van der Waals surface area contributed by atoms with Crippen molar-refractivity contribution in [3.05, 3.63) is 35.9 Å². The van der Waals surface area contributed by atoms with E-state index in [9.17, 15) is 5.11 Å². The number of aromatic nitrogens is 1. The summed E-state index contributed by atoms with van der Waals surface area (Å²) in [5.74, 6) is 0.942. The van der Waals surface area contributed by atoms with Crippen LogP contribution in [-0.4, -0.2) is 23.2 Å². The van der Waals surface area contributed by atoms with Crippen LogP contribution in [0.25, 0.3) is 10.9 Å². The zero-order valence-corrected chi connectivity index (χ0v) is 10.3. The van der Waals surface area contributed by atoms with Crippen molar-refractivity contribution in [1.82, 2.24) is 4.98 Å². The molecule has 0 aliphatic rings. The monoisotopic (exact) mass is 230 g/mol. The summed E-state index contributed by atoms with van der Waals surface area (Å²) >= 11 is 0. The first-order valence-electron chi connectivity index (χ1n) is 6.04. The standard InChI is InChI=1S/C14H18N2O/c1-3-16(4-2)14-9-11(10-17)12-7-5-6-8-13(12)15-14/h5-9,17H,3-4,10H2,1-2H3. The molecule has 0 amide bonds. The van der Waals surface area contributed by atoms with E-state index >= 15 is 0 Å². The van der Waals surface area contributed by atoms with Crippen molar-refractivity contribution in [2.24, 2.45) is 0 Å². The van der Waals surface area contributed by atoms with E-state index in [1.807, 2.05) is 30.3 Å². The summed E-state index contributed by atoms with van der Waals surface area (Å²) in [7, 11) is 0. The lowest BCUT2D eigenvalue weighted by atomic mass is 10.1. The predicted octanol–water partition coefficient (Wildman–Crippen LogP) is 2.57. The minimum absolute atomic E-state index is 0.0529. The van der Waals surface area contributed by atoms with Gasteiger partial charge in [0, 0.05) is 18.5 Å². The van der Waals surface area contributed by atoms with Gasteiger partial charge in [0.15, 0.2) is 0 Å². The van der Waals surface area contributed by atoms with Gasteiger partial charge >= 0.3 is 0 Å². The topological polar surface area (TPSA) is 36.4 Å². The Morgan fingerprint density at radius 3 is 2.53 bits per heavy atom. The highest BCUT2D eigenvalue weighted by Crippen LogP contribution is 2.22. The molecule has 2 rings (SSSR count). The molecule has 0 saturated carbocycles. The van der Waals surface area contributed by atoms with Gasteiger partial charge in [-0.05, 0) is 31.5 Å². The van der Waals surface area contributed by atoms with E-state index < -0.39 is 0 Å². The molecule has 0 bridgehead atoms. The smallest absolute Gasteiger partial charge is 0.129 e. The Bertz CT molecular complexity index is 507. The maximum absolute atomic E-state index is 9.44. The second-order valence-corrected chi connectivity index (χ2v) is 3.99. The van der Waals surface area contributed by atoms with Gasteiger partial charge in [-0.2, -0.15) is 0 Å². The fourth-order valence-corrected chi connectivity index (χ4v) is 2.07. The average molecular weight is 230 g/mol. The zero-order chi connectivity index (χ0) is 12.3. The molecule has 0 unspecified atom stereocenters. The summed E-state index contributed by atoms with van der Waals surface area (Å²) in [5, 5.41) is 10.5. The van der Waals surface area contributed by atoms with Crippen molar-refractivity contribution in [2.75, 3.05) is 18.0 Å². The van der Waals surface area contributed by atoms with Gasteiger partial charge in [-0.15, -0.1) is 0 Å². The maximum Gasteiger partial charge on any atom is 0.129 e. The molecule has 3 nitrogen and oxygen atoms in total. The number of rotatable bonds is 4. The largest absolute Gasteiger partial charge is 0.392 e. The lowest BCUT2D eigenvalue weighted by Crippen LogP contribution is -2.23. The van der Waals surface area contributed by atoms with E-state index in [0.29, 0.717) is 0 Å². The van der Waals surface area contributed by atoms with Crippen LogP contribution in [0, 0.1) is 0 Å². The lowest BCUT2D eigenvalue weighted by Gasteiger charge is -2.21. The molecular weight excluding hydrogens is 212 g/mol. The van der Waals surface area contributed by atoms with Gasteiger partial charge in [0.05, 0.1) is 12.1 Å². The van der Waals surface area contributed by atoms with Crippen LogP contribution in [0.2, 0.25) is 0 Å². The molecule has 1 N–H and O–H groups in total. The lowest BCUT2D eigenvalue weighted by molar-refractivity contribution is 0.283. The Labute approximate surface area is 102 Å². The second-order valence-electron chi connectivity index (χ2n) is 3.99. The van der Waals surface area contributed by atoms with Gasteiger partial charge in [0.1, 0.15) is 5.82 Å². The van der Waals surface area contributed by atoms with E-state index in [0.717, 1.165) is 35.4 Å². The Kier molecular flexibility index (Phi) is 3.59. The van der Waals surface area contributed by atoms with Crippen LogP contribution < -0.4 is 4.90 Å². The molecule has 0 saturated heterocycles. The van der Waals surface area contributed by atoms with Gasteiger partial charge in [0.25, 0.3) is 0 Å². The highest BCUT2D eigenvalue weighted by atomic mass is 16.3. The molecule has 0 aliphatic heterocycles. The Morgan fingerprint density at radius 2 is 1.88 bits per heavy atom. The molecule has 1 aromatic carbocycles. The third-order valence-corrected chi connectivity index (χ3v) is 3.05. The molecule has 90 valence electrons. The summed E-state index contributed by atoms with van der Waals surface area (Å²) in [6, 6.07) is 9.92. The van der Waals surface area contributed by atoms with Crippen molar-refractivity contribution in [1.29, 1.82) is 0 Å². The third kappa shape index (κ3) is 2.24. The van der Waals surface area contributed by atoms with Gasteiger partial charge in [-0.25, -0.2) is 4.98 Å². The number of pyridine rings is 1. The van der Waals surface area contributed by atoms with Gasteiger partial charge in [-0.3, -0.25) is 0 Å². The fraction of sp³-hybridized carbons (Fsp3) is 0.357. The van der Waals surface area contributed by atoms with Crippen LogP contribution in [0.4, 0.5) is 5.82 Å². The second kappa shape index (κ2) is 5.15. The van der Waals surface area contributed by atoms with Gasteiger partial charge in [-0.1, -0.05) is 18.2 Å². The highest BCUT2D eigenvalue weighted by Gasteiger charge is 2.08. The molecule has 0 atom stereocenters. The first-order valence-corrected chi connectivity index (χ1v) is 6.04. The summed E-state index contributed by atoms with van der Waals surface area (Å²) < 4.78 is 0. The number of nitrogens with zero attached hydrogens (tertiary/aromatic N) is 2. The summed E-state index contributed by atoms with van der Waals surface area (Å²) in [6.45, 7) is 6.12. The van der Waals surface area contributed by atoms with Crippen molar-refractivity contribution in [2.45, 2.75) is 20.5 Å². The number of aliphatic hydroxyl groups is 1. The molecule has 0 spiro atoms. The summed E-state index contributed by atoms with van der Waals surface area (Å²) in [4.78, 5) is 6.83. The first kappa shape index (κ1) is 11.9.